The molecular formula is C19H19F3N2O. The van der Waals surface area contributed by atoms with Crippen molar-refractivity contribution < 1.29 is 18.1 Å². The third-order valence-corrected chi connectivity index (χ3v) is 4.59. The minimum Gasteiger partial charge on any atom is -0.399 e. The highest BCUT2D eigenvalue weighted by atomic mass is 19.3. The Labute approximate surface area is 144 Å². The molecule has 2 N–H and O–H groups in total. The van der Waals surface area contributed by atoms with E-state index >= 15 is 0 Å². The highest BCUT2D eigenvalue weighted by molar-refractivity contribution is 5.84. The van der Waals surface area contributed by atoms with Gasteiger partial charge in [-0.1, -0.05) is 40.9 Å². The van der Waals surface area contributed by atoms with Crippen LogP contribution in [-0.4, -0.2) is 17.0 Å². The highest BCUT2D eigenvalue weighted by Gasteiger charge is 2.51. The van der Waals surface area contributed by atoms with Crippen LogP contribution in [0.5, 0.6) is 0 Å². The summed E-state index contributed by atoms with van der Waals surface area (Å²) < 4.78 is 43.8. The number of carbonyl (C=O) groups is 1. The lowest BCUT2D eigenvalue weighted by Gasteiger charge is -2.32. The van der Waals surface area contributed by atoms with E-state index in [0.29, 0.717) is 29.7 Å². The lowest BCUT2D eigenvalue weighted by Crippen LogP contribution is -2.44. The second-order valence-electron chi connectivity index (χ2n) is 6.34. The van der Waals surface area contributed by atoms with Gasteiger partial charge >= 0.3 is 11.8 Å². The lowest BCUT2D eigenvalue weighted by molar-refractivity contribution is -0.179. The summed E-state index contributed by atoms with van der Waals surface area (Å²) in [5.41, 5.74) is 7.60. The maximum Gasteiger partial charge on any atom is 0.333 e. The Hall–Kier alpha value is -2.50. The third kappa shape index (κ3) is 3.48. The molecule has 0 spiro atoms. The summed E-state index contributed by atoms with van der Waals surface area (Å²) in [7, 11) is 0. The van der Waals surface area contributed by atoms with Crippen LogP contribution in [0.2, 0.25) is 0 Å². The molecule has 0 saturated heterocycles. The molecule has 0 fully saturated rings. The second-order valence-corrected chi connectivity index (χ2v) is 6.34. The Kier molecular flexibility index (Phi) is 4.70. The predicted molar refractivity (Wildman–Crippen MR) is 89.6 cm³/mol. The number of amides is 1. The number of rotatable bonds is 4. The average Bonchev–Trinajstić information content (AvgIpc) is 2.61. The molecule has 1 amide bonds. The van der Waals surface area contributed by atoms with E-state index in [1.165, 1.54) is 6.07 Å². The summed E-state index contributed by atoms with van der Waals surface area (Å²) in [6.07, 6.45) is 1.30. The van der Waals surface area contributed by atoms with Crippen LogP contribution in [0.15, 0.2) is 48.5 Å². The van der Waals surface area contributed by atoms with Crippen LogP contribution in [-0.2, 0) is 17.8 Å². The number of fused-ring (bicyclic) bond motifs is 1. The summed E-state index contributed by atoms with van der Waals surface area (Å²) in [5.74, 6) is -7.00. The Bertz CT molecular complexity index is 765. The largest absolute Gasteiger partial charge is 0.399 e. The van der Waals surface area contributed by atoms with Crippen LogP contribution in [0, 0.1) is 0 Å². The number of nitrogens with zero attached hydrogens (tertiary/aromatic N) is 1. The summed E-state index contributed by atoms with van der Waals surface area (Å²) in [4.78, 5) is 12.1. The number of hydrogen-bond acceptors (Lipinski definition) is 2. The Morgan fingerprint density at radius 2 is 1.92 bits per heavy atom. The molecule has 0 heterocycles. The summed E-state index contributed by atoms with van der Waals surface area (Å²) in [5, 5.41) is -0.393. The molecule has 132 valence electrons. The van der Waals surface area contributed by atoms with Crippen LogP contribution < -0.4 is 5.73 Å². The number of aryl methyl sites for hydroxylation is 1. The van der Waals surface area contributed by atoms with E-state index in [2.05, 4.69) is 0 Å². The number of hydrogen-bond donors (Lipinski definition) is 1. The molecular weight excluding hydrogens is 329 g/mol. The maximum atomic E-state index is 14.8. The van der Waals surface area contributed by atoms with Gasteiger partial charge in [0.1, 0.15) is 0 Å². The van der Waals surface area contributed by atoms with E-state index in [4.69, 9.17) is 5.73 Å². The molecule has 0 saturated carbocycles. The molecule has 3 rings (SSSR count). The van der Waals surface area contributed by atoms with E-state index < -0.39 is 29.4 Å². The molecule has 0 radical (unpaired) electrons. The molecule has 2 aromatic rings. The smallest absolute Gasteiger partial charge is 0.333 e. The number of anilines is 1. The van der Waals surface area contributed by atoms with E-state index in [-0.39, 0.29) is 6.42 Å². The van der Waals surface area contributed by atoms with Crippen molar-refractivity contribution in [2.45, 2.75) is 37.6 Å². The first-order valence-corrected chi connectivity index (χ1v) is 8.17. The topological polar surface area (TPSA) is 46.3 Å². The van der Waals surface area contributed by atoms with Crippen molar-refractivity contribution >= 4 is 11.6 Å². The molecule has 1 aliphatic rings. The van der Waals surface area contributed by atoms with Gasteiger partial charge in [-0.25, -0.2) is 0 Å². The van der Waals surface area contributed by atoms with Crippen LogP contribution in [0.25, 0.3) is 0 Å². The number of benzene rings is 2. The summed E-state index contributed by atoms with van der Waals surface area (Å²) in [6.45, 7) is -0.508. The quantitative estimate of drug-likeness (QED) is 0.664. The van der Waals surface area contributed by atoms with E-state index in [9.17, 15) is 18.1 Å². The lowest BCUT2D eigenvalue weighted by atomic mass is 9.78. The second kappa shape index (κ2) is 6.78. The molecule has 0 aliphatic heterocycles. The zero-order chi connectivity index (χ0) is 18.0. The van der Waals surface area contributed by atoms with Crippen LogP contribution in [0.4, 0.5) is 18.9 Å². The molecule has 6 heteroatoms. The molecule has 1 unspecified atom stereocenters. The van der Waals surface area contributed by atoms with Crippen LogP contribution >= 0.6 is 0 Å². The van der Waals surface area contributed by atoms with Crippen molar-refractivity contribution in [1.29, 1.82) is 0 Å². The minimum atomic E-state index is -3.83. The van der Waals surface area contributed by atoms with Gasteiger partial charge in [-0.15, -0.1) is 0 Å². The highest BCUT2D eigenvalue weighted by Crippen LogP contribution is 2.44. The van der Waals surface area contributed by atoms with Gasteiger partial charge in [0.2, 0.25) is 0 Å². The van der Waals surface area contributed by atoms with Crippen molar-refractivity contribution in [3.63, 3.8) is 0 Å². The number of alkyl halides is 2. The Morgan fingerprint density at radius 3 is 2.64 bits per heavy atom. The van der Waals surface area contributed by atoms with Crippen molar-refractivity contribution in [2.24, 2.45) is 0 Å². The fraction of sp³-hybridized carbons (Fsp3) is 0.316. The first-order valence-electron chi connectivity index (χ1n) is 8.17. The van der Waals surface area contributed by atoms with Gasteiger partial charge in [0.15, 0.2) is 0 Å². The molecule has 0 aromatic heterocycles. The third-order valence-electron chi connectivity index (χ3n) is 4.59. The number of halogens is 3. The van der Waals surface area contributed by atoms with Gasteiger partial charge in [-0.05, 0) is 48.1 Å². The monoisotopic (exact) mass is 348 g/mol. The van der Waals surface area contributed by atoms with Crippen molar-refractivity contribution in [1.82, 2.24) is 5.12 Å². The fourth-order valence-corrected chi connectivity index (χ4v) is 3.32. The minimum absolute atomic E-state index is 0.119. The standard InChI is InChI=1S/C19H19F3N2O/c20-19(21,18(25)24(22)12-13-5-2-1-3-6-13)17-8-4-7-14-9-10-15(23)11-16(14)17/h1-3,5-6,9-11,17H,4,7-8,12,23H2. The van der Waals surface area contributed by atoms with Crippen molar-refractivity contribution in [2.75, 3.05) is 5.73 Å². The van der Waals surface area contributed by atoms with Gasteiger partial charge in [0.05, 0.1) is 12.5 Å². The van der Waals surface area contributed by atoms with Crippen LogP contribution in [0.1, 0.15) is 35.4 Å². The van der Waals surface area contributed by atoms with Gasteiger partial charge in [0, 0.05) is 5.69 Å². The van der Waals surface area contributed by atoms with Gasteiger partial charge in [0.25, 0.3) is 0 Å². The summed E-state index contributed by atoms with van der Waals surface area (Å²) in [6, 6.07) is 13.0. The molecule has 25 heavy (non-hydrogen) atoms. The first-order chi connectivity index (χ1) is 11.9. The molecule has 1 atom stereocenters. The molecule has 1 aliphatic carbocycles. The zero-order valence-electron chi connectivity index (χ0n) is 13.6. The van der Waals surface area contributed by atoms with Gasteiger partial charge in [-0.2, -0.15) is 13.9 Å². The normalized spacial score (nSPS) is 17.0. The van der Waals surface area contributed by atoms with E-state index in [1.807, 2.05) is 0 Å². The number of nitrogens with two attached hydrogens (primary N) is 1. The zero-order valence-corrected chi connectivity index (χ0v) is 13.6. The van der Waals surface area contributed by atoms with E-state index in [0.717, 1.165) is 5.56 Å². The maximum absolute atomic E-state index is 14.8. The molecule has 3 nitrogen and oxygen atoms in total. The average molecular weight is 348 g/mol. The predicted octanol–water partition coefficient (Wildman–Crippen LogP) is 4.24. The van der Waals surface area contributed by atoms with Gasteiger partial charge in [-0.3, -0.25) is 4.79 Å². The van der Waals surface area contributed by atoms with Gasteiger partial charge < -0.3 is 5.73 Å². The SMILES string of the molecule is Nc1ccc2c(c1)C(C(F)(F)C(=O)N(F)Cc1ccccc1)CCC2. The van der Waals surface area contributed by atoms with Crippen molar-refractivity contribution in [3.05, 3.63) is 65.2 Å². The number of nitrogen functional groups attached to an aromatic ring is 1. The Morgan fingerprint density at radius 1 is 1.20 bits per heavy atom. The Balaban J connectivity index is 1.84. The molecule has 0 bridgehead atoms. The van der Waals surface area contributed by atoms with Crippen LogP contribution in [0.3, 0.4) is 0 Å². The number of carbonyl (C=O) groups excluding carboxylic acids is 1. The fourth-order valence-electron chi connectivity index (χ4n) is 3.32. The van der Waals surface area contributed by atoms with Crippen molar-refractivity contribution in [3.8, 4) is 0 Å². The molecule has 2 aromatic carbocycles. The van der Waals surface area contributed by atoms with E-state index in [1.54, 1.807) is 42.5 Å². The summed E-state index contributed by atoms with van der Waals surface area (Å²) >= 11 is 0. The first kappa shape index (κ1) is 17.3.